The van der Waals surface area contributed by atoms with Gasteiger partial charge in [-0.1, -0.05) is 80.4 Å². The molecule has 1 heterocycles. The smallest absolute Gasteiger partial charge is 0.179 e. The first-order chi connectivity index (χ1) is 14.4. The van der Waals surface area contributed by atoms with Crippen LogP contribution in [0.1, 0.15) is 45.7 Å². The Bertz CT molecular complexity index is 1050. The molecular weight excluding hydrogens is 445 g/mol. The lowest BCUT2D eigenvalue weighted by atomic mass is 9.86. The Balaban J connectivity index is 1.98. The molecule has 0 aromatic heterocycles. The number of amidine groups is 1. The minimum atomic E-state index is -0.404. The van der Waals surface area contributed by atoms with Gasteiger partial charge in [0.2, 0.25) is 0 Å². The maximum absolute atomic E-state index is 6.36. The highest BCUT2D eigenvalue weighted by atomic mass is 35.5. The number of aliphatic imine (C=N–C) groups is 1. The molecule has 1 saturated heterocycles. The van der Waals surface area contributed by atoms with Crippen molar-refractivity contribution in [1.82, 2.24) is 5.32 Å². The van der Waals surface area contributed by atoms with Crippen molar-refractivity contribution >= 4 is 58.1 Å². The molecule has 2 aromatic carbocycles. The molecule has 2 aromatic rings. The molecule has 0 saturated carbocycles. The van der Waals surface area contributed by atoms with Crippen LogP contribution in [0.15, 0.2) is 53.5 Å². The molecule has 3 rings (SSSR count). The average molecular weight is 475 g/mol. The number of halogens is 2. The predicted molar refractivity (Wildman–Crippen MR) is 140 cm³/mol. The lowest BCUT2D eigenvalue weighted by Crippen LogP contribution is -2.45. The molecule has 3 nitrogen and oxygen atoms in total. The molecule has 6 heteroatoms. The van der Waals surface area contributed by atoms with E-state index in [9.17, 15) is 0 Å². The molecule has 0 aliphatic carbocycles. The first-order valence-corrected chi connectivity index (χ1v) is 11.5. The van der Waals surface area contributed by atoms with Crippen LogP contribution in [-0.4, -0.2) is 22.5 Å². The van der Waals surface area contributed by atoms with Gasteiger partial charge in [-0.2, -0.15) is 0 Å². The second-order valence-corrected chi connectivity index (χ2v) is 10.7. The number of hydrogen-bond acceptors (Lipinski definition) is 2. The van der Waals surface area contributed by atoms with E-state index in [4.69, 9.17) is 40.4 Å². The Kier molecular flexibility index (Phi) is 6.85. The molecular formula is C25H29Cl2N3S. The largest absolute Gasteiger partial charge is 0.319 e. The summed E-state index contributed by atoms with van der Waals surface area (Å²) < 4.78 is 0. The van der Waals surface area contributed by atoms with Crippen molar-refractivity contribution in [3.63, 3.8) is 0 Å². The van der Waals surface area contributed by atoms with Crippen LogP contribution < -0.4 is 10.2 Å². The summed E-state index contributed by atoms with van der Waals surface area (Å²) in [6.07, 6.45) is 4.11. The van der Waals surface area contributed by atoms with Gasteiger partial charge in [0.15, 0.2) is 5.11 Å². The van der Waals surface area contributed by atoms with E-state index in [-0.39, 0.29) is 11.5 Å². The molecule has 31 heavy (non-hydrogen) atoms. The summed E-state index contributed by atoms with van der Waals surface area (Å²) in [5, 5.41) is 5.27. The van der Waals surface area contributed by atoms with E-state index >= 15 is 0 Å². The second-order valence-electron chi connectivity index (χ2n) is 9.42. The number of aryl methyl sites for hydroxylation is 1. The van der Waals surface area contributed by atoms with Crippen molar-refractivity contribution in [1.29, 1.82) is 0 Å². The number of para-hydroxylation sites is 1. The summed E-state index contributed by atoms with van der Waals surface area (Å²) in [4.78, 5) is 7.29. The van der Waals surface area contributed by atoms with Gasteiger partial charge >= 0.3 is 0 Å². The minimum Gasteiger partial charge on any atom is -0.319 e. The zero-order valence-electron chi connectivity index (χ0n) is 18.8. The van der Waals surface area contributed by atoms with Gasteiger partial charge in [-0.05, 0) is 67.7 Å². The topological polar surface area (TPSA) is 27.6 Å². The van der Waals surface area contributed by atoms with Crippen LogP contribution in [0.3, 0.4) is 0 Å². The van der Waals surface area contributed by atoms with E-state index in [1.54, 1.807) is 6.07 Å². The summed E-state index contributed by atoms with van der Waals surface area (Å²) in [5.41, 5.74) is 2.67. The van der Waals surface area contributed by atoms with E-state index in [1.165, 1.54) is 5.56 Å². The normalized spacial score (nSPS) is 18.6. The highest BCUT2D eigenvalue weighted by molar-refractivity contribution is 7.80. The van der Waals surface area contributed by atoms with Crippen LogP contribution in [0.2, 0.25) is 10.0 Å². The Morgan fingerprint density at radius 2 is 1.81 bits per heavy atom. The molecule has 1 atom stereocenters. The third kappa shape index (κ3) is 5.14. The van der Waals surface area contributed by atoms with Crippen molar-refractivity contribution in [3.05, 3.63) is 69.7 Å². The average Bonchev–Trinajstić information content (AvgIpc) is 2.87. The lowest BCUT2D eigenvalue weighted by Gasteiger charge is -2.33. The Hall–Kier alpha value is -1.88. The van der Waals surface area contributed by atoms with Gasteiger partial charge in [-0.15, -0.1) is 0 Å². The second kappa shape index (κ2) is 8.93. The van der Waals surface area contributed by atoms with Crippen LogP contribution in [0.25, 0.3) is 6.08 Å². The molecule has 0 bridgehead atoms. The van der Waals surface area contributed by atoms with Gasteiger partial charge in [-0.3, -0.25) is 4.99 Å². The summed E-state index contributed by atoms with van der Waals surface area (Å²) in [6, 6.07) is 13.7. The third-order valence-electron chi connectivity index (χ3n) is 5.50. The van der Waals surface area contributed by atoms with Crippen molar-refractivity contribution in [3.8, 4) is 0 Å². The van der Waals surface area contributed by atoms with E-state index in [2.05, 4.69) is 70.0 Å². The molecule has 0 radical (unpaired) electrons. The fraction of sp³-hybridized carbons (Fsp3) is 0.360. The van der Waals surface area contributed by atoms with Crippen LogP contribution in [0.5, 0.6) is 0 Å². The van der Waals surface area contributed by atoms with Crippen LogP contribution in [0, 0.1) is 12.3 Å². The molecule has 1 aliphatic rings. The maximum atomic E-state index is 6.36. The molecule has 1 aliphatic heterocycles. The first kappa shape index (κ1) is 23.8. The zero-order chi connectivity index (χ0) is 23.0. The summed E-state index contributed by atoms with van der Waals surface area (Å²) in [6.45, 7) is 12.9. The number of nitrogens with zero attached hydrogens (tertiary/aromatic N) is 2. The van der Waals surface area contributed by atoms with E-state index in [0.717, 1.165) is 17.1 Å². The third-order valence-corrected chi connectivity index (χ3v) is 6.35. The number of anilines is 1. The molecule has 0 spiro atoms. The van der Waals surface area contributed by atoms with E-state index < -0.39 is 5.54 Å². The van der Waals surface area contributed by atoms with Crippen LogP contribution >= 0.6 is 35.4 Å². The van der Waals surface area contributed by atoms with Gasteiger partial charge in [0, 0.05) is 15.7 Å². The standard InChI is InChI=1S/C25H29Cl2N3S/c1-16-9-7-8-10-20(16)30-23(31)29-22(25(30,5)6)28-21(24(2,3)4)14-12-17-11-13-18(26)15-19(17)27/h7-15,21H,1-6H3,(H,28,29,31). The number of rotatable bonds is 4. The molecule has 1 unspecified atom stereocenters. The van der Waals surface area contributed by atoms with Gasteiger partial charge in [-0.25, -0.2) is 0 Å². The number of benzene rings is 2. The zero-order valence-corrected chi connectivity index (χ0v) is 21.2. The monoisotopic (exact) mass is 473 g/mol. The summed E-state index contributed by atoms with van der Waals surface area (Å²) >= 11 is 18.1. The highest BCUT2D eigenvalue weighted by Crippen LogP contribution is 2.34. The Labute approximate surface area is 201 Å². The fourth-order valence-corrected chi connectivity index (χ4v) is 4.48. The van der Waals surface area contributed by atoms with E-state index in [0.29, 0.717) is 15.2 Å². The van der Waals surface area contributed by atoms with Gasteiger partial charge in [0.1, 0.15) is 5.84 Å². The van der Waals surface area contributed by atoms with E-state index in [1.807, 2.05) is 30.3 Å². The summed E-state index contributed by atoms with van der Waals surface area (Å²) in [7, 11) is 0. The maximum Gasteiger partial charge on any atom is 0.179 e. The highest BCUT2D eigenvalue weighted by Gasteiger charge is 2.43. The quantitative estimate of drug-likeness (QED) is 0.471. The molecule has 1 N–H and O–H groups in total. The Morgan fingerprint density at radius 3 is 2.42 bits per heavy atom. The first-order valence-electron chi connectivity index (χ1n) is 10.3. The minimum absolute atomic E-state index is 0.0827. The van der Waals surface area contributed by atoms with Crippen molar-refractivity contribution in [2.24, 2.45) is 10.4 Å². The van der Waals surface area contributed by atoms with Gasteiger partial charge < -0.3 is 10.2 Å². The number of nitrogens with one attached hydrogen (secondary N) is 1. The summed E-state index contributed by atoms with van der Waals surface area (Å²) in [5.74, 6) is 0.854. The SMILES string of the molecule is Cc1ccccc1N1C(=S)NC(=NC(C=Cc2ccc(Cl)cc2Cl)C(C)(C)C)C1(C)C. The van der Waals surface area contributed by atoms with Crippen LogP contribution in [0.4, 0.5) is 5.69 Å². The van der Waals surface area contributed by atoms with Crippen molar-refractivity contribution < 1.29 is 0 Å². The number of thiocarbonyl (C=S) groups is 1. The molecule has 1 fully saturated rings. The van der Waals surface area contributed by atoms with Crippen molar-refractivity contribution in [2.75, 3.05) is 4.90 Å². The molecule has 0 amide bonds. The number of hydrogen-bond donors (Lipinski definition) is 1. The lowest BCUT2D eigenvalue weighted by molar-refractivity contribution is 0.367. The fourth-order valence-electron chi connectivity index (χ4n) is 3.58. The van der Waals surface area contributed by atoms with Crippen molar-refractivity contribution in [2.45, 2.75) is 53.1 Å². The van der Waals surface area contributed by atoms with Gasteiger partial charge in [0.05, 0.1) is 11.6 Å². The van der Waals surface area contributed by atoms with Gasteiger partial charge in [0.25, 0.3) is 0 Å². The van der Waals surface area contributed by atoms with Crippen LogP contribution in [-0.2, 0) is 0 Å². The Morgan fingerprint density at radius 1 is 1.13 bits per heavy atom. The molecule has 164 valence electrons. The predicted octanol–water partition coefficient (Wildman–Crippen LogP) is 7.30.